The summed E-state index contributed by atoms with van der Waals surface area (Å²) in [6, 6.07) is 3.19. The van der Waals surface area contributed by atoms with Crippen LogP contribution in [0.5, 0.6) is 17.2 Å². The lowest BCUT2D eigenvalue weighted by atomic mass is 10.1. The van der Waals surface area contributed by atoms with Crippen molar-refractivity contribution in [3.05, 3.63) is 76.9 Å². The fraction of sp³-hybridized carbons (Fsp3) is 0.136. The minimum atomic E-state index is -5.16. The summed E-state index contributed by atoms with van der Waals surface area (Å²) >= 11 is 0. The lowest BCUT2D eigenvalue weighted by Crippen LogP contribution is -2.17. The third kappa shape index (κ3) is 4.95. The third-order valence-corrected chi connectivity index (χ3v) is 4.51. The standard InChI is InChI=1S/C22H14F6N2O4/c1-10(31)12-9-29-6-5-16(12)30-21(32)11-7-15(24)13(22(26,27)28)8-18(11)34-17-4-3-14(23)19(25)20(17)33-2/h3-9H,1-2H3,(H,29,30,32). The molecule has 0 spiro atoms. The van der Waals surface area contributed by atoms with Crippen LogP contribution in [0.1, 0.15) is 33.2 Å². The van der Waals surface area contributed by atoms with Gasteiger partial charge in [0.1, 0.15) is 11.6 Å². The van der Waals surface area contributed by atoms with E-state index in [0.29, 0.717) is 6.07 Å². The Labute approximate surface area is 188 Å². The Morgan fingerprint density at radius 1 is 0.971 bits per heavy atom. The predicted molar refractivity (Wildman–Crippen MR) is 107 cm³/mol. The molecule has 34 heavy (non-hydrogen) atoms. The molecule has 1 aromatic heterocycles. The maximum Gasteiger partial charge on any atom is 0.419 e. The Kier molecular flexibility index (Phi) is 6.80. The first-order chi connectivity index (χ1) is 15.9. The van der Waals surface area contributed by atoms with E-state index >= 15 is 0 Å². The van der Waals surface area contributed by atoms with Gasteiger partial charge < -0.3 is 14.8 Å². The Bertz CT molecular complexity index is 1280. The van der Waals surface area contributed by atoms with Gasteiger partial charge in [-0.15, -0.1) is 0 Å². The number of ether oxygens (including phenoxy) is 2. The van der Waals surface area contributed by atoms with Crippen LogP contribution in [0, 0.1) is 17.5 Å². The fourth-order valence-electron chi connectivity index (χ4n) is 2.91. The van der Waals surface area contributed by atoms with Crippen LogP contribution in [0.15, 0.2) is 42.7 Å². The number of amides is 1. The maximum absolute atomic E-state index is 14.3. The van der Waals surface area contributed by atoms with Gasteiger partial charge in [-0.05, 0) is 37.3 Å². The van der Waals surface area contributed by atoms with Crippen molar-refractivity contribution in [2.75, 3.05) is 12.4 Å². The molecule has 1 heterocycles. The highest BCUT2D eigenvalue weighted by atomic mass is 19.4. The summed E-state index contributed by atoms with van der Waals surface area (Å²) < 4.78 is 91.6. The molecule has 12 heteroatoms. The van der Waals surface area contributed by atoms with E-state index in [1.165, 1.54) is 19.2 Å². The van der Waals surface area contributed by atoms with Crippen molar-refractivity contribution >= 4 is 17.4 Å². The number of hydrogen-bond acceptors (Lipinski definition) is 5. The highest BCUT2D eigenvalue weighted by molar-refractivity contribution is 6.10. The number of benzene rings is 2. The van der Waals surface area contributed by atoms with Crippen LogP contribution in [-0.2, 0) is 6.18 Å². The normalized spacial score (nSPS) is 11.2. The summed E-state index contributed by atoms with van der Waals surface area (Å²) in [6.07, 6.45) is -2.78. The number of anilines is 1. The van der Waals surface area contributed by atoms with Crippen LogP contribution in [0.2, 0.25) is 0 Å². The quantitative estimate of drug-likeness (QED) is 0.355. The molecule has 2 aromatic carbocycles. The zero-order chi connectivity index (χ0) is 25.2. The topological polar surface area (TPSA) is 77.5 Å². The zero-order valence-electron chi connectivity index (χ0n) is 17.4. The highest BCUT2D eigenvalue weighted by Crippen LogP contribution is 2.40. The number of alkyl halides is 3. The molecule has 0 aliphatic carbocycles. The van der Waals surface area contributed by atoms with Crippen LogP contribution in [0.3, 0.4) is 0 Å². The van der Waals surface area contributed by atoms with Gasteiger partial charge in [0.2, 0.25) is 11.6 Å². The zero-order valence-corrected chi connectivity index (χ0v) is 17.4. The van der Waals surface area contributed by atoms with Crippen LogP contribution < -0.4 is 14.8 Å². The number of nitrogens with zero attached hydrogens (tertiary/aromatic N) is 1. The van der Waals surface area contributed by atoms with Crippen molar-refractivity contribution in [3.8, 4) is 17.2 Å². The fourth-order valence-corrected chi connectivity index (χ4v) is 2.91. The van der Waals surface area contributed by atoms with Crippen LogP contribution in [0.25, 0.3) is 0 Å². The molecule has 0 saturated carbocycles. The number of aromatic nitrogens is 1. The van der Waals surface area contributed by atoms with Crippen LogP contribution in [0.4, 0.5) is 32.0 Å². The van der Waals surface area contributed by atoms with E-state index in [-0.39, 0.29) is 23.4 Å². The number of methoxy groups -OCH3 is 1. The average molecular weight is 484 g/mol. The molecular formula is C22H14F6N2O4. The molecule has 3 rings (SSSR count). The number of halogens is 6. The summed E-state index contributed by atoms with van der Waals surface area (Å²) in [5, 5.41) is 2.28. The molecule has 6 nitrogen and oxygen atoms in total. The van der Waals surface area contributed by atoms with Gasteiger partial charge in [-0.1, -0.05) is 0 Å². The first kappa shape index (κ1) is 24.6. The van der Waals surface area contributed by atoms with Gasteiger partial charge in [0.05, 0.1) is 29.5 Å². The summed E-state index contributed by atoms with van der Waals surface area (Å²) in [6.45, 7) is 1.19. The number of ketones is 1. The Hall–Kier alpha value is -4.09. The average Bonchev–Trinajstić information content (AvgIpc) is 2.76. The SMILES string of the molecule is COc1c(Oc2cc(C(F)(F)F)c(F)cc2C(=O)Nc2ccncc2C(C)=O)ccc(F)c1F. The van der Waals surface area contributed by atoms with Crippen molar-refractivity contribution in [1.29, 1.82) is 0 Å². The number of carbonyl (C=O) groups is 2. The number of pyridine rings is 1. The molecule has 3 aromatic rings. The van der Waals surface area contributed by atoms with E-state index in [9.17, 15) is 35.9 Å². The second-order valence-electron chi connectivity index (χ2n) is 6.75. The number of nitrogens with one attached hydrogen (secondary N) is 1. The summed E-state index contributed by atoms with van der Waals surface area (Å²) in [4.78, 5) is 28.3. The Morgan fingerprint density at radius 3 is 2.29 bits per heavy atom. The van der Waals surface area contributed by atoms with E-state index in [0.717, 1.165) is 19.4 Å². The highest BCUT2D eigenvalue weighted by Gasteiger charge is 2.36. The molecular weight excluding hydrogens is 470 g/mol. The Balaban J connectivity index is 2.13. The molecule has 0 bridgehead atoms. The van der Waals surface area contributed by atoms with Gasteiger partial charge in [0.25, 0.3) is 5.91 Å². The largest absolute Gasteiger partial charge is 0.490 e. The van der Waals surface area contributed by atoms with Crippen LogP contribution in [-0.4, -0.2) is 23.8 Å². The Morgan fingerprint density at radius 2 is 1.68 bits per heavy atom. The molecule has 0 unspecified atom stereocenters. The van der Waals surface area contributed by atoms with Crippen molar-refractivity contribution in [2.24, 2.45) is 0 Å². The summed E-state index contributed by atoms with van der Waals surface area (Å²) in [7, 11) is 0.955. The second-order valence-corrected chi connectivity index (χ2v) is 6.75. The molecule has 1 amide bonds. The second kappa shape index (κ2) is 9.41. The van der Waals surface area contributed by atoms with E-state index in [1.54, 1.807) is 0 Å². The minimum Gasteiger partial charge on any atom is -0.490 e. The maximum atomic E-state index is 14.3. The van der Waals surface area contributed by atoms with E-state index in [4.69, 9.17) is 9.47 Å². The molecule has 1 N–H and O–H groups in total. The van der Waals surface area contributed by atoms with Crippen molar-refractivity contribution < 1.29 is 45.4 Å². The lowest BCUT2D eigenvalue weighted by Gasteiger charge is -2.17. The first-order valence-corrected chi connectivity index (χ1v) is 9.31. The van der Waals surface area contributed by atoms with Gasteiger partial charge in [-0.3, -0.25) is 14.6 Å². The van der Waals surface area contributed by atoms with Gasteiger partial charge in [-0.25, -0.2) is 8.78 Å². The molecule has 0 fully saturated rings. The van der Waals surface area contributed by atoms with Gasteiger partial charge in [0, 0.05) is 12.4 Å². The predicted octanol–water partition coefficient (Wildman–Crippen LogP) is 5.77. The monoisotopic (exact) mass is 484 g/mol. The summed E-state index contributed by atoms with van der Waals surface area (Å²) in [5.41, 5.74) is -2.57. The van der Waals surface area contributed by atoms with Gasteiger partial charge in [0.15, 0.2) is 17.3 Å². The molecule has 0 aliphatic heterocycles. The summed E-state index contributed by atoms with van der Waals surface area (Å²) in [5.74, 6) is -8.46. The van der Waals surface area contributed by atoms with Crippen LogP contribution >= 0.6 is 0 Å². The number of rotatable bonds is 6. The van der Waals surface area contributed by atoms with E-state index in [2.05, 4.69) is 10.3 Å². The van der Waals surface area contributed by atoms with Gasteiger partial charge in [-0.2, -0.15) is 17.6 Å². The molecule has 0 radical (unpaired) electrons. The van der Waals surface area contributed by atoms with Gasteiger partial charge >= 0.3 is 6.18 Å². The smallest absolute Gasteiger partial charge is 0.419 e. The third-order valence-electron chi connectivity index (χ3n) is 4.51. The van der Waals surface area contributed by atoms with Crippen molar-refractivity contribution in [3.63, 3.8) is 0 Å². The molecule has 0 atom stereocenters. The minimum absolute atomic E-state index is 0.0204. The number of carbonyl (C=O) groups excluding carboxylic acids is 2. The molecule has 0 aliphatic rings. The van der Waals surface area contributed by atoms with Crippen molar-refractivity contribution in [2.45, 2.75) is 13.1 Å². The molecule has 178 valence electrons. The molecule has 0 saturated heterocycles. The van der Waals surface area contributed by atoms with E-state index in [1.807, 2.05) is 0 Å². The number of Topliss-reactive ketones (excluding diaryl/α,β-unsaturated/α-hetero) is 1. The first-order valence-electron chi connectivity index (χ1n) is 9.31. The van der Waals surface area contributed by atoms with Crippen molar-refractivity contribution in [1.82, 2.24) is 4.98 Å². The van der Waals surface area contributed by atoms with E-state index < -0.39 is 63.7 Å². The lowest BCUT2D eigenvalue weighted by molar-refractivity contribution is -0.140. The number of hydrogen-bond donors (Lipinski definition) is 1.